The van der Waals surface area contributed by atoms with Gasteiger partial charge >= 0.3 is 0 Å². The molecule has 0 saturated carbocycles. The summed E-state index contributed by atoms with van der Waals surface area (Å²) >= 11 is 0. The first-order valence-electron chi connectivity index (χ1n) is 8.95. The Morgan fingerprint density at radius 1 is 1.27 bits per heavy atom. The van der Waals surface area contributed by atoms with Crippen LogP contribution in [0.2, 0.25) is 0 Å². The molecule has 0 bridgehead atoms. The molecule has 0 radical (unpaired) electrons. The SMILES string of the molecule is CCNC(=NCc1nccn1CC(C)C)NCCc1cc(F)ccc1F. The predicted octanol–water partition coefficient (Wildman–Crippen LogP) is 3.12. The number of hydrogen-bond acceptors (Lipinski definition) is 2. The van der Waals surface area contributed by atoms with Crippen molar-refractivity contribution >= 4 is 5.96 Å². The van der Waals surface area contributed by atoms with Crippen LogP contribution in [0.15, 0.2) is 35.6 Å². The number of halogens is 2. The molecular weight excluding hydrogens is 336 g/mol. The second-order valence-corrected chi connectivity index (χ2v) is 6.50. The second kappa shape index (κ2) is 9.89. The maximum Gasteiger partial charge on any atom is 0.191 e. The lowest BCUT2D eigenvalue weighted by Crippen LogP contribution is -2.38. The highest BCUT2D eigenvalue weighted by molar-refractivity contribution is 5.79. The third kappa shape index (κ3) is 6.13. The Morgan fingerprint density at radius 2 is 2.08 bits per heavy atom. The van der Waals surface area contributed by atoms with Gasteiger partial charge in [0.1, 0.15) is 24.0 Å². The molecule has 142 valence electrons. The molecule has 1 aromatic carbocycles. The van der Waals surface area contributed by atoms with Crippen LogP contribution in [0.4, 0.5) is 8.78 Å². The molecule has 0 unspecified atom stereocenters. The van der Waals surface area contributed by atoms with Crippen molar-refractivity contribution in [1.29, 1.82) is 0 Å². The first-order valence-corrected chi connectivity index (χ1v) is 8.95. The highest BCUT2D eigenvalue weighted by atomic mass is 19.1. The van der Waals surface area contributed by atoms with E-state index in [0.29, 0.717) is 43.5 Å². The van der Waals surface area contributed by atoms with E-state index < -0.39 is 11.6 Å². The van der Waals surface area contributed by atoms with Gasteiger partial charge in [0, 0.05) is 32.0 Å². The summed E-state index contributed by atoms with van der Waals surface area (Å²) in [6, 6.07) is 3.50. The summed E-state index contributed by atoms with van der Waals surface area (Å²) in [6.07, 6.45) is 4.11. The standard InChI is InChI=1S/C19H27F2N5/c1-4-22-19(24-8-7-15-11-16(20)5-6-17(15)21)25-12-18-23-9-10-26(18)13-14(2)3/h5-6,9-11,14H,4,7-8,12-13H2,1-3H3,(H2,22,24,25). The Balaban J connectivity index is 1.94. The van der Waals surface area contributed by atoms with Crippen molar-refractivity contribution in [3.8, 4) is 0 Å². The molecule has 5 nitrogen and oxygen atoms in total. The number of guanidine groups is 1. The topological polar surface area (TPSA) is 54.2 Å². The van der Waals surface area contributed by atoms with Gasteiger partial charge in [-0.3, -0.25) is 0 Å². The van der Waals surface area contributed by atoms with Crippen LogP contribution in [0, 0.1) is 17.6 Å². The minimum absolute atomic E-state index is 0.348. The van der Waals surface area contributed by atoms with Crippen LogP contribution in [0.25, 0.3) is 0 Å². The quantitative estimate of drug-likeness (QED) is 0.560. The van der Waals surface area contributed by atoms with E-state index in [1.54, 1.807) is 6.20 Å². The Kier molecular flexibility index (Phi) is 7.56. The molecule has 2 rings (SSSR count). The van der Waals surface area contributed by atoms with E-state index >= 15 is 0 Å². The van der Waals surface area contributed by atoms with E-state index in [0.717, 1.165) is 24.5 Å². The highest BCUT2D eigenvalue weighted by Crippen LogP contribution is 2.10. The largest absolute Gasteiger partial charge is 0.357 e. The third-order valence-corrected chi connectivity index (χ3v) is 3.78. The normalized spacial score (nSPS) is 11.8. The molecule has 2 N–H and O–H groups in total. The van der Waals surface area contributed by atoms with Gasteiger partial charge < -0.3 is 15.2 Å². The molecule has 0 aliphatic carbocycles. The monoisotopic (exact) mass is 363 g/mol. The number of nitrogens with zero attached hydrogens (tertiary/aromatic N) is 3. The first-order chi connectivity index (χ1) is 12.5. The Labute approximate surface area is 153 Å². The lowest BCUT2D eigenvalue weighted by molar-refractivity contribution is 0.507. The van der Waals surface area contributed by atoms with Crippen LogP contribution >= 0.6 is 0 Å². The fourth-order valence-electron chi connectivity index (χ4n) is 2.59. The van der Waals surface area contributed by atoms with Crippen molar-refractivity contribution in [1.82, 2.24) is 20.2 Å². The number of aromatic nitrogens is 2. The number of imidazole rings is 1. The van der Waals surface area contributed by atoms with E-state index in [1.165, 1.54) is 6.07 Å². The van der Waals surface area contributed by atoms with Crippen molar-refractivity contribution in [3.05, 3.63) is 53.6 Å². The number of benzene rings is 1. The lowest BCUT2D eigenvalue weighted by Gasteiger charge is -2.13. The average molecular weight is 363 g/mol. The van der Waals surface area contributed by atoms with Gasteiger partial charge in [-0.05, 0) is 43.0 Å². The van der Waals surface area contributed by atoms with Gasteiger partial charge in [-0.2, -0.15) is 0 Å². The van der Waals surface area contributed by atoms with Gasteiger partial charge in [-0.25, -0.2) is 18.8 Å². The summed E-state index contributed by atoms with van der Waals surface area (Å²) in [5, 5.41) is 6.30. The maximum atomic E-state index is 13.7. The van der Waals surface area contributed by atoms with Crippen molar-refractivity contribution in [2.45, 2.75) is 40.3 Å². The molecule has 0 aliphatic heterocycles. The van der Waals surface area contributed by atoms with Crippen LogP contribution in [-0.4, -0.2) is 28.6 Å². The van der Waals surface area contributed by atoms with Gasteiger partial charge in [-0.1, -0.05) is 13.8 Å². The minimum Gasteiger partial charge on any atom is -0.357 e. The summed E-state index contributed by atoms with van der Waals surface area (Å²) in [5.74, 6) is 1.22. The average Bonchev–Trinajstić information content (AvgIpc) is 3.02. The van der Waals surface area contributed by atoms with Crippen LogP contribution in [0.1, 0.15) is 32.2 Å². The number of hydrogen-bond donors (Lipinski definition) is 2. The molecule has 0 fully saturated rings. The van der Waals surface area contributed by atoms with Crippen LogP contribution < -0.4 is 10.6 Å². The van der Waals surface area contributed by atoms with Crippen molar-refractivity contribution < 1.29 is 8.78 Å². The molecule has 0 atom stereocenters. The smallest absolute Gasteiger partial charge is 0.191 e. The summed E-state index contributed by atoms with van der Waals surface area (Å²) in [5.41, 5.74) is 0.348. The minimum atomic E-state index is -0.432. The number of aliphatic imine (C=N–C) groups is 1. The molecule has 0 saturated heterocycles. The molecule has 0 spiro atoms. The Hall–Kier alpha value is -2.44. The summed E-state index contributed by atoms with van der Waals surface area (Å²) in [6.45, 7) is 8.79. The fourth-order valence-corrected chi connectivity index (χ4v) is 2.59. The van der Waals surface area contributed by atoms with Crippen molar-refractivity contribution in [2.24, 2.45) is 10.9 Å². The van der Waals surface area contributed by atoms with Gasteiger partial charge in [0.05, 0.1) is 0 Å². The highest BCUT2D eigenvalue weighted by Gasteiger charge is 2.06. The van der Waals surface area contributed by atoms with Crippen molar-refractivity contribution in [3.63, 3.8) is 0 Å². The predicted molar refractivity (Wildman–Crippen MR) is 99.9 cm³/mol. The summed E-state index contributed by atoms with van der Waals surface area (Å²) in [7, 11) is 0. The Morgan fingerprint density at radius 3 is 2.81 bits per heavy atom. The zero-order chi connectivity index (χ0) is 18.9. The zero-order valence-electron chi connectivity index (χ0n) is 15.6. The molecule has 26 heavy (non-hydrogen) atoms. The molecule has 1 aromatic heterocycles. The van der Waals surface area contributed by atoms with Gasteiger partial charge in [0.2, 0.25) is 0 Å². The van der Waals surface area contributed by atoms with Crippen LogP contribution in [-0.2, 0) is 19.5 Å². The van der Waals surface area contributed by atoms with Crippen LogP contribution in [0.3, 0.4) is 0 Å². The maximum absolute atomic E-state index is 13.7. The zero-order valence-corrected chi connectivity index (χ0v) is 15.6. The third-order valence-electron chi connectivity index (χ3n) is 3.78. The molecule has 0 aliphatic rings. The molecule has 7 heteroatoms. The molecule has 0 amide bonds. The molecule has 1 heterocycles. The number of nitrogens with one attached hydrogen (secondary N) is 2. The van der Waals surface area contributed by atoms with Gasteiger partial charge in [0.15, 0.2) is 5.96 Å². The van der Waals surface area contributed by atoms with Crippen LogP contribution in [0.5, 0.6) is 0 Å². The summed E-state index contributed by atoms with van der Waals surface area (Å²) in [4.78, 5) is 8.90. The molecular formula is C19H27F2N5. The van der Waals surface area contributed by atoms with E-state index in [1.807, 2.05) is 13.1 Å². The van der Waals surface area contributed by atoms with E-state index in [4.69, 9.17) is 0 Å². The number of rotatable bonds is 8. The Bertz CT molecular complexity index is 724. The van der Waals surface area contributed by atoms with Gasteiger partial charge in [-0.15, -0.1) is 0 Å². The van der Waals surface area contributed by atoms with Crippen molar-refractivity contribution in [2.75, 3.05) is 13.1 Å². The second-order valence-electron chi connectivity index (χ2n) is 6.50. The summed E-state index contributed by atoms with van der Waals surface area (Å²) < 4.78 is 29.0. The fraction of sp³-hybridized carbons (Fsp3) is 0.474. The van der Waals surface area contributed by atoms with Gasteiger partial charge in [0.25, 0.3) is 0 Å². The lowest BCUT2D eigenvalue weighted by atomic mass is 10.1. The van der Waals surface area contributed by atoms with E-state index in [9.17, 15) is 8.78 Å². The molecule has 2 aromatic rings. The first kappa shape index (κ1) is 19.9. The van der Waals surface area contributed by atoms with E-state index in [2.05, 4.69) is 39.0 Å². The van der Waals surface area contributed by atoms with E-state index in [-0.39, 0.29) is 0 Å².